The Labute approximate surface area is 152 Å². The minimum absolute atomic E-state index is 0.593. The molecule has 3 rings (SSSR count). The Balaban J connectivity index is 2.00. The highest BCUT2D eigenvalue weighted by atomic mass is 16.5. The first-order valence-corrected chi connectivity index (χ1v) is 9.54. The van der Waals surface area contributed by atoms with Crippen molar-refractivity contribution in [3.05, 3.63) is 59.7 Å². The summed E-state index contributed by atoms with van der Waals surface area (Å²) in [4.78, 5) is 0. The second-order valence-corrected chi connectivity index (χ2v) is 6.87. The van der Waals surface area contributed by atoms with Gasteiger partial charge in [-0.25, -0.2) is 0 Å². The largest absolute Gasteiger partial charge is 0.354 e. The summed E-state index contributed by atoms with van der Waals surface area (Å²) in [6, 6.07) is 17.1. The van der Waals surface area contributed by atoms with E-state index in [0.717, 1.165) is 13.0 Å². The van der Waals surface area contributed by atoms with Crippen LogP contribution in [0.25, 0.3) is 11.1 Å². The smallest absolute Gasteiger partial charge is 0.180 e. The number of hydrogen-bond acceptors (Lipinski definition) is 1. The molecule has 1 nitrogen and oxygen atoms in total. The first-order chi connectivity index (χ1) is 12.3. The van der Waals surface area contributed by atoms with Crippen molar-refractivity contribution in [2.45, 2.75) is 52.1 Å². The van der Waals surface area contributed by atoms with Crippen LogP contribution in [0, 0.1) is 17.8 Å². The van der Waals surface area contributed by atoms with E-state index in [1.807, 2.05) is 6.92 Å². The monoisotopic (exact) mass is 332 g/mol. The summed E-state index contributed by atoms with van der Waals surface area (Å²) in [6.45, 7) is 7.18. The summed E-state index contributed by atoms with van der Waals surface area (Å²) < 4.78 is 6.66. The van der Waals surface area contributed by atoms with Crippen LogP contribution in [-0.2, 0) is 10.3 Å². The number of fused-ring (bicyclic) bond motifs is 3. The Morgan fingerprint density at radius 3 is 2.08 bits per heavy atom. The predicted molar refractivity (Wildman–Crippen MR) is 105 cm³/mol. The second-order valence-electron chi connectivity index (χ2n) is 6.87. The maximum atomic E-state index is 6.66. The minimum Gasteiger partial charge on any atom is -0.354 e. The van der Waals surface area contributed by atoms with Crippen LogP contribution in [0.15, 0.2) is 48.5 Å². The molecule has 0 spiro atoms. The van der Waals surface area contributed by atoms with Crippen molar-refractivity contribution in [3.63, 3.8) is 0 Å². The van der Waals surface area contributed by atoms with Crippen LogP contribution in [0.2, 0.25) is 0 Å². The highest BCUT2D eigenvalue weighted by Crippen LogP contribution is 2.49. The van der Waals surface area contributed by atoms with E-state index >= 15 is 0 Å². The van der Waals surface area contributed by atoms with Crippen molar-refractivity contribution < 1.29 is 4.74 Å². The molecule has 1 heteroatoms. The Morgan fingerprint density at radius 2 is 1.56 bits per heavy atom. The zero-order valence-corrected chi connectivity index (χ0v) is 15.6. The Bertz CT molecular complexity index is 732. The van der Waals surface area contributed by atoms with Gasteiger partial charge in [-0.2, -0.15) is 0 Å². The summed E-state index contributed by atoms with van der Waals surface area (Å²) in [5.41, 5.74) is 4.26. The number of ether oxygens (including phenoxy) is 1. The Morgan fingerprint density at radius 1 is 0.960 bits per heavy atom. The molecule has 1 unspecified atom stereocenters. The number of unbranched alkanes of at least 4 members (excludes halogenated alkanes) is 1. The molecule has 0 radical (unpaired) electrons. The van der Waals surface area contributed by atoms with E-state index in [1.165, 1.54) is 41.5 Å². The molecule has 1 aliphatic rings. The average molecular weight is 332 g/mol. The second kappa shape index (κ2) is 7.89. The third-order valence-corrected chi connectivity index (χ3v) is 5.28. The van der Waals surface area contributed by atoms with Gasteiger partial charge < -0.3 is 4.74 Å². The summed E-state index contributed by atoms with van der Waals surface area (Å²) >= 11 is 0. The normalized spacial score (nSPS) is 15.0. The van der Waals surface area contributed by atoms with Crippen molar-refractivity contribution >= 4 is 0 Å². The molecule has 0 heterocycles. The van der Waals surface area contributed by atoms with E-state index in [-0.39, 0.29) is 0 Å². The lowest BCUT2D eigenvalue weighted by Gasteiger charge is -2.29. The molecule has 130 valence electrons. The van der Waals surface area contributed by atoms with Gasteiger partial charge in [0, 0.05) is 11.1 Å². The van der Waals surface area contributed by atoms with Crippen molar-refractivity contribution in [1.82, 2.24) is 0 Å². The third-order valence-electron chi connectivity index (χ3n) is 5.28. The fourth-order valence-electron chi connectivity index (χ4n) is 3.84. The summed E-state index contributed by atoms with van der Waals surface area (Å²) in [5.74, 6) is 7.17. The SMILES string of the molecule is CC#CC1(OCC(CC)CCCC)c2ccccc2-c2ccccc21. The summed E-state index contributed by atoms with van der Waals surface area (Å²) in [6.07, 6.45) is 4.88. The first kappa shape index (κ1) is 17.8. The van der Waals surface area contributed by atoms with Crippen molar-refractivity contribution in [2.24, 2.45) is 5.92 Å². The third kappa shape index (κ3) is 3.24. The maximum Gasteiger partial charge on any atom is 0.180 e. The van der Waals surface area contributed by atoms with E-state index < -0.39 is 5.60 Å². The van der Waals surface area contributed by atoms with Gasteiger partial charge >= 0.3 is 0 Å². The van der Waals surface area contributed by atoms with Crippen LogP contribution >= 0.6 is 0 Å². The van der Waals surface area contributed by atoms with E-state index in [4.69, 9.17) is 4.74 Å². The molecule has 0 fully saturated rings. The lowest BCUT2D eigenvalue weighted by Crippen LogP contribution is -2.30. The van der Waals surface area contributed by atoms with Crippen LogP contribution in [0.4, 0.5) is 0 Å². The van der Waals surface area contributed by atoms with Crippen molar-refractivity contribution in [3.8, 4) is 23.0 Å². The van der Waals surface area contributed by atoms with Crippen molar-refractivity contribution in [1.29, 1.82) is 0 Å². The molecule has 0 aromatic heterocycles. The van der Waals surface area contributed by atoms with Crippen LogP contribution in [0.5, 0.6) is 0 Å². The van der Waals surface area contributed by atoms with Gasteiger partial charge in [-0.15, -0.1) is 5.92 Å². The molecule has 0 amide bonds. The zero-order chi connectivity index (χ0) is 17.7. The van der Waals surface area contributed by atoms with Gasteiger partial charge in [0.1, 0.15) is 0 Å². The number of benzene rings is 2. The molecule has 0 bridgehead atoms. The molecule has 1 aliphatic carbocycles. The lowest BCUT2D eigenvalue weighted by molar-refractivity contribution is 0.00391. The highest BCUT2D eigenvalue weighted by Gasteiger charge is 2.43. The highest BCUT2D eigenvalue weighted by molar-refractivity contribution is 5.82. The maximum absolute atomic E-state index is 6.66. The molecule has 0 saturated heterocycles. The van der Waals surface area contributed by atoms with E-state index in [9.17, 15) is 0 Å². The topological polar surface area (TPSA) is 9.23 Å². The van der Waals surface area contributed by atoms with E-state index in [0.29, 0.717) is 5.92 Å². The molecule has 0 N–H and O–H groups in total. The van der Waals surface area contributed by atoms with E-state index in [2.05, 4.69) is 74.2 Å². The van der Waals surface area contributed by atoms with Gasteiger partial charge in [0.05, 0.1) is 6.61 Å². The minimum atomic E-state index is -0.623. The van der Waals surface area contributed by atoms with Crippen LogP contribution in [-0.4, -0.2) is 6.61 Å². The van der Waals surface area contributed by atoms with Gasteiger partial charge in [0.2, 0.25) is 0 Å². The van der Waals surface area contributed by atoms with Crippen LogP contribution in [0.3, 0.4) is 0 Å². The lowest BCUT2D eigenvalue weighted by atomic mass is 9.91. The molecule has 1 atom stereocenters. The van der Waals surface area contributed by atoms with Gasteiger partial charge in [0.15, 0.2) is 5.60 Å². The molecule has 0 saturated carbocycles. The molecule has 2 aromatic rings. The van der Waals surface area contributed by atoms with Crippen molar-refractivity contribution in [2.75, 3.05) is 6.61 Å². The Hall–Kier alpha value is -2.04. The fourth-order valence-corrected chi connectivity index (χ4v) is 3.84. The predicted octanol–water partition coefficient (Wildman–Crippen LogP) is 6.17. The Kier molecular flexibility index (Phi) is 5.61. The van der Waals surface area contributed by atoms with E-state index in [1.54, 1.807) is 0 Å². The van der Waals surface area contributed by atoms with Crippen LogP contribution in [0.1, 0.15) is 57.6 Å². The van der Waals surface area contributed by atoms with Crippen LogP contribution < -0.4 is 0 Å². The molecular weight excluding hydrogens is 304 g/mol. The standard InChI is InChI=1S/C24H28O/c1-4-7-12-19(6-3)18-25-24(17-5-2)22-15-10-8-13-20(22)21-14-9-11-16-23(21)24/h8-11,13-16,19H,4,6-7,12,18H2,1-3H3. The van der Waals surface area contributed by atoms with Gasteiger partial charge in [-0.1, -0.05) is 87.6 Å². The zero-order valence-electron chi connectivity index (χ0n) is 15.6. The quantitative estimate of drug-likeness (QED) is 0.551. The first-order valence-electron chi connectivity index (χ1n) is 9.54. The number of hydrogen-bond donors (Lipinski definition) is 0. The summed E-state index contributed by atoms with van der Waals surface area (Å²) in [5, 5.41) is 0. The molecule has 0 aliphatic heterocycles. The van der Waals surface area contributed by atoms with Gasteiger partial charge in [-0.05, 0) is 30.4 Å². The molecule has 25 heavy (non-hydrogen) atoms. The number of rotatable bonds is 7. The molecular formula is C24H28O. The summed E-state index contributed by atoms with van der Waals surface area (Å²) in [7, 11) is 0. The van der Waals surface area contributed by atoms with Gasteiger partial charge in [-0.3, -0.25) is 0 Å². The van der Waals surface area contributed by atoms with Gasteiger partial charge in [0.25, 0.3) is 0 Å². The molecule has 2 aromatic carbocycles. The fraction of sp³-hybridized carbons (Fsp3) is 0.417. The average Bonchev–Trinajstić information content (AvgIpc) is 2.93.